The number of nitrogens with one attached hydrogen (secondary N) is 1. The number of halogens is 3. The van der Waals surface area contributed by atoms with Crippen LogP contribution in [0.3, 0.4) is 0 Å². The molecule has 1 aliphatic rings. The fourth-order valence-corrected chi connectivity index (χ4v) is 3.23. The molecule has 1 aromatic carbocycles. The van der Waals surface area contributed by atoms with Crippen LogP contribution in [0.4, 0.5) is 13.2 Å². The zero-order valence-corrected chi connectivity index (χ0v) is 15.2. The summed E-state index contributed by atoms with van der Waals surface area (Å²) in [7, 11) is 0. The van der Waals surface area contributed by atoms with Crippen LogP contribution < -0.4 is 5.32 Å². The lowest BCUT2D eigenvalue weighted by molar-refractivity contribution is -0.137. The second kappa shape index (κ2) is 8.00. The molecule has 2 amide bonds. The number of carbonyl (C=O) groups excluding carboxylic acids is 2. The van der Waals surface area contributed by atoms with Gasteiger partial charge in [0.05, 0.1) is 17.5 Å². The maximum atomic E-state index is 12.9. The van der Waals surface area contributed by atoms with Crippen LogP contribution in [0, 0.1) is 5.92 Å². The van der Waals surface area contributed by atoms with Crippen LogP contribution in [0.1, 0.15) is 36.1 Å². The number of benzene rings is 1. The second-order valence-electron chi connectivity index (χ2n) is 6.88. The summed E-state index contributed by atoms with van der Waals surface area (Å²) < 4.78 is 38.6. The molecule has 1 aliphatic heterocycles. The van der Waals surface area contributed by atoms with Gasteiger partial charge in [0.25, 0.3) is 0 Å². The number of rotatable bonds is 5. The molecule has 1 fully saturated rings. The van der Waals surface area contributed by atoms with Gasteiger partial charge in [0.15, 0.2) is 0 Å². The van der Waals surface area contributed by atoms with E-state index in [1.54, 1.807) is 30.6 Å². The third-order valence-electron chi connectivity index (χ3n) is 4.78. The smallest absolute Gasteiger partial charge is 0.349 e. The summed E-state index contributed by atoms with van der Waals surface area (Å²) in [5.74, 6) is -1.01. The van der Waals surface area contributed by atoms with Gasteiger partial charge >= 0.3 is 6.18 Å². The highest BCUT2D eigenvalue weighted by atomic mass is 19.4. The molecule has 0 saturated carbocycles. The number of nitrogens with zero attached hydrogens (tertiary/aromatic N) is 2. The predicted octanol–water partition coefficient (Wildman–Crippen LogP) is 3.33. The van der Waals surface area contributed by atoms with Gasteiger partial charge in [0, 0.05) is 31.9 Å². The van der Waals surface area contributed by atoms with Crippen molar-refractivity contribution < 1.29 is 22.8 Å². The number of likely N-dealkylation sites (tertiary alicyclic amines) is 1. The number of pyridine rings is 1. The molecule has 2 atom stereocenters. The van der Waals surface area contributed by atoms with E-state index >= 15 is 0 Å². The predicted molar refractivity (Wildman–Crippen MR) is 95.8 cm³/mol. The van der Waals surface area contributed by atoms with Crippen molar-refractivity contribution in [2.75, 3.05) is 6.54 Å². The molecule has 8 heteroatoms. The van der Waals surface area contributed by atoms with Crippen molar-refractivity contribution in [3.8, 4) is 0 Å². The van der Waals surface area contributed by atoms with Gasteiger partial charge in [-0.2, -0.15) is 13.2 Å². The summed E-state index contributed by atoms with van der Waals surface area (Å²) in [5, 5.41) is 2.88. The van der Waals surface area contributed by atoms with Crippen LogP contribution in [0.2, 0.25) is 0 Å². The Hall–Kier alpha value is -2.90. The Labute approximate surface area is 160 Å². The molecule has 1 aromatic heterocycles. The molecule has 3 rings (SSSR count). The third kappa shape index (κ3) is 4.68. The highest BCUT2D eigenvalue weighted by Crippen LogP contribution is 2.30. The minimum absolute atomic E-state index is 0.0481. The van der Waals surface area contributed by atoms with Gasteiger partial charge in [0.2, 0.25) is 11.8 Å². The average molecular weight is 391 g/mol. The first-order chi connectivity index (χ1) is 13.2. The molecule has 0 spiro atoms. The summed E-state index contributed by atoms with van der Waals surface area (Å²) in [4.78, 5) is 30.1. The highest BCUT2D eigenvalue weighted by Gasteiger charge is 2.35. The molecule has 28 heavy (non-hydrogen) atoms. The van der Waals surface area contributed by atoms with Crippen molar-refractivity contribution in [2.24, 2.45) is 5.92 Å². The number of hydrogen-bond donors (Lipinski definition) is 1. The van der Waals surface area contributed by atoms with E-state index in [2.05, 4.69) is 10.3 Å². The molecule has 0 aliphatic carbocycles. The molecule has 148 valence electrons. The second-order valence-corrected chi connectivity index (χ2v) is 6.88. The van der Waals surface area contributed by atoms with E-state index in [1.807, 2.05) is 6.92 Å². The quantitative estimate of drug-likeness (QED) is 0.851. The van der Waals surface area contributed by atoms with Crippen molar-refractivity contribution in [1.82, 2.24) is 15.2 Å². The maximum absolute atomic E-state index is 12.9. The summed E-state index contributed by atoms with van der Waals surface area (Å²) >= 11 is 0. The summed E-state index contributed by atoms with van der Waals surface area (Å²) in [6.45, 7) is 2.07. The molecule has 1 saturated heterocycles. The summed E-state index contributed by atoms with van der Waals surface area (Å²) in [6.07, 6.45) is -1.12. The first-order valence-electron chi connectivity index (χ1n) is 8.88. The zero-order chi connectivity index (χ0) is 20.3. The average Bonchev–Trinajstić information content (AvgIpc) is 3.02. The summed E-state index contributed by atoms with van der Waals surface area (Å²) in [5.41, 5.74) is 0.528. The standard InChI is InChI=1S/C20H20F3N3O2/c1-13(15-5-7-24-8-6-15)25-19(28)16-10-18(27)26(12-16)11-14-3-2-4-17(9-14)20(21,22)23/h2-9,13,16H,10-12H2,1H3,(H,25,28)/t13-,16-/m1/s1. The molecule has 1 N–H and O–H groups in total. The highest BCUT2D eigenvalue weighted by molar-refractivity contribution is 5.89. The normalized spacial score (nSPS) is 18.2. The molecule has 0 radical (unpaired) electrons. The minimum atomic E-state index is -4.43. The first kappa shape index (κ1) is 19.9. The van der Waals surface area contributed by atoms with Crippen LogP contribution in [-0.4, -0.2) is 28.2 Å². The molecular formula is C20H20F3N3O2. The van der Waals surface area contributed by atoms with E-state index < -0.39 is 17.7 Å². The monoisotopic (exact) mass is 391 g/mol. The van der Waals surface area contributed by atoms with Crippen molar-refractivity contribution >= 4 is 11.8 Å². The Kier molecular flexibility index (Phi) is 5.67. The van der Waals surface area contributed by atoms with Gasteiger partial charge in [-0.05, 0) is 42.3 Å². The van der Waals surface area contributed by atoms with Gasteiger partial charge in [-0.1, -0.05) is 12.1 Å². The Morgan fingerprint density at radius 1 is 1.29 bits per heavy atom. The maximum Gasteiger partial charge on any atom is 0.416 e. The number of hydrogen-bond acceptors (Lipinski definition) is 3. The lowest BCUT2D eigenvalue weighted by atomic mass is 10.1. The van der Waals surface area contributed by atoms with Gasteiger partial charge in [-0.15, -0.1) is 0 Å². The van der Waals surface area contributed by atoms with Crippen molar-refractivity contribution in [3.05, 3.63) is 65.5 Å². The van der Waals surface area contributed by atoms with Crippen LogP contribution >= 0.6 is 0 Å². The molecule has 2 heterocycles. The molecule has 5 nitrogen and oxygen atoms in total. The zero-order valence-electron chi connectivity index (χ0n) is 15.2. The number of aromatic nitrogens is 1. The van der Waals surface area contributed by atoms with E-state index in [9.17, 15) is 22.8 Å². The van der Waals surface area contributed by atoms with Crippen LogP contribution in [0.5, 0.6) is 0 Å². The molecular weight excluding hydrogens is 371 g/mol. The van der Waals surface area contributed by atoms with Crippen molar-refractivity contribution in [2.45, 2.75) is 32.1 Å². The van der Waals surface area contributed by atoms with Gasteiger partial charge < -0.3 is 10.2 Å². The van der Waals surface area contributed by atoms with E-state index in [0.717, 1.165) is 17.7 Å². The molecule has 2 aromatic rings. The van der Waals surface area contributed by atoms with Crippen molar-refractivity contribution in [3.63, 3.8) is 0 Å². The largest absolute Gasteiger partial charge is 0.416 e. The fraction of sp³-hybridized carbons (Fsp3) is 0.350. The SMILES string of the molecule is C[C@@H](NC(=O)[C@@H]1CC(=O)N(Cc2cccc(C(F)(F)F)c2)C1)c1ccncc1. The molecule has 0 bridgehead atoms. The van der Waals surface area contributed by atoms with Crippen LogP contribution in [0.25, 0.3) is 0 Å². The Balaban J connectivity index is 1.61. The fourth-order valence-electron chi connectivity index (χ4n) is 3.23. The van der Waals surface area contributed by atoms with E-state index in [1.165, 1.54) is 11.0 Å². The van der Waals surface area contributed by atoms with Gasteiger partial charge in [-0.3, -0.25) is 14.6 Å². The van der Waals surface area contributed by atoms with Crippen LogP contribution in [-0.2, 0) is 22.3 Å². The Morgan fingerprint density at radius 2 is 2.00 bits per heavy atom. The number of amides is 2. The van der Waals surface area contributed by atoms with E-state index in [4.69, 9.17) is 0 Å². The molecule has 0 unspecified atom stereocenters. The van der Waals surface area contributed by atoms with Crippen molar-refractivity contribution in [1.29, 1.82) is 0 Å². The Bertz CT molecular complexity index is 855. The van der Waals surface area contributed by atoms with Crippen LogP contribution in [0.15, 0.2) is 48.8 Å². The van der Waals surface area contributed by atoms with E-state index in [-0.39, 0.29) is 37.4 Å². The topological polar surface area (TPSA) is 62.3 Å². The summed E-state index contributed by atoms with van der Waals surface area (Å²) in [6, 6.07) is 8.25. The van der Waals surface area contributed by atoms with Gasteiger partial charge in [-0.25, -0.2) is 0 Å². The van der Waals surface area contributed by atoms with Gasteiger partial charge in [0.1, 0.15) is 0 Å². The lowest BCUT2D eigenvalue weighted by Gasteiger charge is -2.19. The first-order valence-corrected chi connectivity index (χ1v) is 8.88. The number of alkyl halides is 3. The lowest BCUT2D eigenvalue weighted by Crippen LogP contribution is -2.34. The number of carbonyl (C=O) groups is 2. The third-order valence-corrected chi connectivity index (χ3v) is 4.78. The minimum Gasteiger partial charge on any atom is -0.349 e. The Morgan fingerprint density at radius 3 is 2.68 bits per heavy atom. The van der Waals surface area contributed by atoms with E-state index in [0.29, 0.717) is 5.56 Å².